The van der Waals surface area contributed by atoms with Gasteiger partial charge in [-0.05, 0) is 6.42 Å². The van der Waals surface area contributed by atoms with Crippen LogP contribution in [0.3, 0.4) is 0 Å². The lowest BCUT2D eigenvalue weighted by Gasteiger charge is -2.07. The van der Waals surface area contributed by atoms with Crippen LogP contribution in [0.2, 0.25) is 0 Å². The van der Waals surface area contributed by atoms with E-state index in [0.29, 0.717) is 0 Å². The Morgan fingerprint density at radius 2 is 2.64 bits per heavy atom. The van der Waals surface area contributed by atoms with Crippen molar-refractivity contribution in [1.29, 1.82) is 0 Å². The van der Waals surface area contributed by atoms with E-state index in [4.69, 9.17) is 5.73 Å². The average Bonchev–Trinajstić information content (AvgIpc) is 2.52. The van der Waals surface area contributed by atoms with Crippen LogP contribution in [0.25, 0.3) is 0 Å². The summed E-state index contributed by atoms with van der Waals surface area (Å²) < 4.78 is 3.85. The van der Waals surface area contributed by atoms with Crippen molar-refractivity contribution in [3.63, 3.8) is 0 Å². The standard InChI is InChI=1S/C6H12N4S/c1-2-5(7)3-8-6-9-4-10-11-6/h4-5H,2-3,7H2,1H3,(H,8,9,10). The molecule has 1 aromatic heterocycles. The highest BCUT2D eigenvalue weighted by Gasteiger charge is 1.99. The summed E-state index contributed by atoms with van der Waals surface area (Å²) in [6.45, 7) is 2.83. The third-order valence-electron chi connectivity index (χ3n) is 1.40. The maximum Gasteiger partial charge on any atom is 0.202 e. The van der Waals surface area contributed by atoms with Gasteiger partial charge in [0, 0.05) is 24.1 Å². The number of aromatic nitrogens is 2. The molecule has 0 aliphatic heterocycles. The van der Waals surface area contributed by atoms with E-state index in [9.17, 15) is 0 Å². The largest absolute Gasteiger partial charge is 0.359 e. The van der Waals surface area contributed by atoms with E-state index in [1.807, 2.05) is 0 Å². The lowest BCUT2D eigenvalue weighted by Crippen LogP contribution is -2.27. The van der Waals surface area contributed by atoms with E-state index < -0.39 is 0 Å². The van der Waals surface area contributed by atoms with Crippen LogP contribution in [0.1, 0.15) is 13.3 Å². The third kappa shape index (κ3) is 2.81. The summed E-state index contributed by atoms with van der Waals surface area (Å²) in [4.78, 5) is 3.96. The number of nitrogens with zero attached hydrogens (tertiary/aromatic N) is 2. The summed E-state index contributed by atoms with van der Waals surface area (Å²) in [6, 6.07) is 0.207. The summed E-state index contributed by atoms with van der Waals surface area (Å²) in [5.74, 6) is 0. The highest BCUT2D eigenvalue weighted by atomic mass is 32.1. The predicted molar refractivity (Wildman–Crippen MR) is 46.7 cm³/mol. The van der Waals surface area contributed by atoms with Crippen molar-refractivity contribution < 1.29 is 0 Å². The Morgan fingerprint density at radius 1 is 1.82 bits per heavy atom. The third-order valence-corrected chi connectivity index (χ3v) is 2.02. The van der Waals surface area contributed by atoms with Gasteiger partial charge in [-0.3, -0.25) is 0 Å². The molecule has 3 N–H and O–H groups in total. The Hall–Kier alpha value is -0.680. The van der Waals surface area contributed by atoms with Gasteiger partial charge in [0.05, 0.1) is 0 Å². The van der Waals surface area contributed by atoms with E-state index in [-0.39, 0.29) is 6.04 Å². The minimum absolute atomic E-state index is 0.207. The van der Waals surface area contributed by atoms with Gasteiger partial charge in [-0.25, -0.2) is 4.98 Å². The Balaban J connectivity index is 2.23. The van der Waals surface area contributed by atoms with Crippen LogP contribution in [0.5, 0.6) is 0 Å². The molecule has 0 saturated heterocycles. The number of anilines is 1. The van der Waals surface area contributed by atoms with Crippen molar-refractivity contribution >= 4 is 16.7 Å². The maximum atomic E-state index is 5.68. The SMILES string of the molecule is CCC(N)CNc1ncns1. The van der Waals surface area contributed by atoms with Gasteiger partial charge in [-0.2, -0.15) is 4.37 Å². The first-order valence-electron chi connectivity index (χ1n) is 3.59. The molecule has 5 heteroatoms. The fraction of sp³-hybridized carbons (Fsp3) is 0.667. The zero-order valence-electron chi connectivity index (χ0n) is 6.45. The van der Waals surface area contributed by atoms with E-state index in [0.717, 1.165) is 18.1 Å². The molecule has 1 atom stereocenters. The molecule has 0 spiro atoms. The van der Waals surface area contributed by atoms with Gasteiger partial charge in [0.1, 0.15) is 6.33 Å². The highest BCUT2D eigenvalue weighted by Crippen LogP contribution is 2.05. The molecule has 0 amide bonds. The average molecular weight is 172 g/mol. The zero-order chi connectivity index (χ0) is 8.10. The van der Waals surface area contributed by atoms with Crippen LogP contribution >= 0.6 is 11.5 Å². The summed E-state index contributed by atoms with van der Waals surface area (Å²) >= 11 is 1.35. The predicted octanol–water partition coefficient (Wildman–Crippen LogP) is 0.687. The van der Waals surface area contributed by atoms with Gasteiger partial charge >= 0.3 is 0 Å². The summed E-state index contributed by atoms with van der Waals surface area (Å²) in [5, 5.41) is 3.94. The molecule has 0 saturated carbocycles. The molecule has 0 aromatic carbocycles. The van der Waals surface area contributed by atoms with Crippen LogP contribution in [0.15, 0.2) is 6.33 Å². The molecule has 0 aliphatic carbocycles. The summed E-state index contributed by atoms with van der Waals surface area (Å²) in [5.41, 5.74) is 5.68. The molecular formula is C6H12N4S. The Kier molecular flexibility index (Phi) is 3.25. The topological polar surface area (TPSA) is 63.8 Å². The molecule has 11 heavy (non-hydrogen) atoms. The van der Waals surface area contributed by atoms with E-state index >= 15 is 0 Å². The Morgan fingerprint density at radius 3 is 3.18 bits per heavy atom. The first-order chi connectivity index (χ1) is 5.33. The molecule has 1 aromatic rings. The number of nitrogens with one attached hydrogen (secondary N) is 1. The fourth-order valence-corrected chi connectivity index (χ4v) is 1.05. The van der Waals surface area contributed by atoms with Crippen LogP contribution in [-0.4, -0.2) is 21.9 Å². The van der Waals surface area contributed by atoms with Crippen LogP contribution in [-0.2, 0) is 0 Å². The van der Waals surface area contributed by atoms with Gasteiger partial charge in [0.15, 0.2) is 0 Å². The monoisotopic (exact) mass is 172 g/mol. The first-order valence-corrected chi connectivity index (χ1v) is 4.36. The number of hydrogen-bond acceptors (Lipinski definition) is 5. The highest BCUT2D eigenvalue weighted by molar-refractivity contribution is 7.09. The van der Waals surface area contributed by atoms with Gasteiger partial charge in [0.25, 0.3) is 0 Å². The summed E-state index contributed by atoms with van der Waals surface area (Å²) in [6.07, 6.45) is 2.51. The molecule has 4 nitrogen and oxygen atoms in total. The van der Waals surface area contributed by atoms with Gasteiger partial charge in [-0.15, -0.1) is 0 Å². The normalized spacial score (nSPS) is 12.9. The van der Waals surface area contributed by atoms with Crippen molar-refractivity contribution in [2.24, 2.45) is 5.73 Å². The van der Waals surface area contributed by atoms with Crippen molar-refractivity contribution in [3.8, 4) is 0 Å². The molecular weight excluding hydrogens is 160 g/mol. The van der Waals surface area contributed by atoms with Crippen molar-refractivity contribution in [2.45, 2.75) is 19.4 Å². The molecule has 0 radical (unpaired) electrons. The molecule has 1 rings (SSSR count). The molecule has 0 bridgehead atoms. The van der Waals surface area contributed by atoms with Gasteiger partial charge in [-0.1, -0.05) is 6.92 Å². The first kappa shape index (κ1) is 8.42. The zero-order valence-corrected chi connectivity index (χ0v) is 7.27. The van der Waals surface area contributed by atoms with E-state index in [1.54, 1.807) is 0 Å². The molecule has 1 heterocycles. The summed E-state index contributed by atoms with van der Waals surface area (Å²) in [7, 11) is 0. The van der Waals surface area contributed by atoms with Gasteiger partial charge in [0.2, 0.25) is 5.13 Å². The second kappa shape index (κ2) is 4.25. The molecule has 0 fully saturated rings. The van der Waals surface area contributed by atoms with Crippen LogP contribution < -0.4 is 11.1 Å². The fourth-order valence-electron chi connectivity index (χ4n) is 0.614. The number of hydrogen-bond donors (Lipinski definition) is 2. The number of nitrogens with two attached hydrogens (primary N) is 1. The Labute approximate surface area is 70.0 Å². The smallest absolute Gasteiger partial charge is 0.202 e. The lowest BCUT2D eigenvalue weighted by molar-refractivity contribution is 0.679. The second-order valence-electron chi connectivity index (χ2n) is 2.30. The van der Waals surface area contributed by atoms with Crippen LogP contribution in [0, 0.1) is 0 Å². The lowest BCUT2D eigenvalue weighted by atomic mass is 10.2. The molecule has 1 unspecified atom stereocenters. The minimum Gasteiger partial charge on any atom is -0.359 e. The van der Waals surface area contributed by atoms with E-state index in [2.05, 4.69) is 21.6 Å². The molecule has 0 aliphatic rings. The Bertz CT molecular complexity index is 186. The van der Waals surface area contributed by atoms with Crippen molar-refractivity contribution in [2.75, 3.05) is 11.9 Å². The van der Waals surface area contributed by atoms with Crippen LogP contribution in [0.4, 0.5) is 5.13 Å². The number of rotatable bonds is 4. The van der Waals surface area contributed by atoms with Crippen molar-refractivity contribution in [3.05, 3.63) is 6.33 Å². The van der Waals surface area contributed by atoms with Crippen molar-refractivity contribution in [1.82, 2.24) is 9.36 Å². The van der Waals surface area contributed by atoms with E-state index in [1.165, 1.54) is 17.9 Å². The second-order valence-corrected chi connectivity index (χ2v) is 3.08. The van der Waals surface area contributed by atoms with Gasteiger partial charge < -0.3 is 11.1 Å². The minimum atomic E-state index is 0.207. The molecule has 62 valence electrons. The quantitative estimate of drug-likeness (QED) is 0.701. The maximum absolute atomic E-state index is 5.68.